The number of thioether (sulfide) groups is 1. The van der Waals surface area contributed by atoms with E-state index in [0.29, 0.717) is 24.5 Å². The predicted octanol–water partition coefficient (Wildman–Crippen LogP) is 4.99. The number of nitrogens with one attached hydrogen (secondary N) is 1. The Morgan fingerprint density at radius 2 is 1.93 bits per heavy atom. The second-order valence-corrected chi connectivity index (χ2v) is 7.67. The number of para-hydroxylation sites is 2. The Morgan fingerprint density at radius 3 is 2.64 bits per heavy atom. The predicted molar refractivity (Wildman–Crippen MR) is 115 cm³/mol. The van der Waals surface area contributed by atoms with Crippen molar-refractivity contribution in [2.45, 2.75) is 38.5 Å². The van der Waals surface area contributed by atoms with Crippen molar-refractivity contribution in [1.82, 2.24) is 0 Å². The molecule has 0 bridgehead atoms. The van der Waals surface area contributed by atoms with E-state index in [1.165, 1.54) is 0 Å². The minimum atomic E-state index is -0.112. The summed E-state index contributed by atoms with van der Waals surface area (Å²) in [6.07, 6.45) is 2.42. The van der Waals surface area contributed by atoms with Crippen LogP contribution < -0.4 is 15.0 Å². The van der Waals surface area contributed by atoms with Crippen LogP contribution in [0, 0.1) is 0 Å². The SMILES string of the molecule is CCCCC(=O)Nc1ccc([C@@H]2SCC(=O)N2c2ccccc2OCC)cc1. The molecule has 1 fully saturated rings. The first-order chi connectivity index (χ1) is 13.6. The zero-order valence-electron chi connectivity index (χ0n) is 16.3. The van der Waals surface area contributed by atoms with Crippen LogP contribution in [0.2, 0.25) is 0 Å². The van der Waals surface area contributed by atoms with E-state index in [1.54, 1.807) is 11.8 Å². The average molecular weight is 399 g/mol. The monoisotopic (exact) mass is 398 g/mol. The van der Waals surface area contributed by atoms with Crippen LogP contribution in [0.15, 0.2) is 48.5 Å². The fraction of sp³-hybridized carbons (Fsp3) is 0.364. The number of carbonyl (C=O) groups excluding carboxylic acids is 2. The molecule has 5 nitrogen and oxygen atoms in total. The van der Waals surface area contributed by atoms with Gasteiger partial charge in [0.05, 0.1) is 18.0 Å². The van der Waals surface area contributed by atoms with Crippen molar-refractivity contribution in [3.8, 4) is 5.75 Å². The second-order valence-electron chi connectivity index (χ2n) is 6.60. The molecule has 0 aromatic heterocycles. The zero-order chi connectivity index (χ0) is 19.9. The maximum Gasteiger partial charge on any atom is 0.238 e. The highest BCUT2D eigenvalue weighted by molar-refractivity contribution is 8.00. The van der Waals surface area contributed by atoms with Gasteiger partial charge in [-0.25, -0.2) is 0 Å². The van der Waals surface area contributed by atoms with Gasteiger partial charge in [0, 0.05) is 12.1 Å². The van der Waals surface area contributed by atoms with Crippen molar-refractivity contribution in [2.75, 3.05) is 22.6 Å². The smallest absolute Gasteiger partial charge is 0.238 e. The van der Waals surface area contributed by atoms with Crippen LogP contribution in [-0.2, 0) is 9.59 Å². The molecule has 1 aliphatic rings. The minimum Gasteiger partial charge on any atom is -0.492 e. The molecule has 0 unspecified atom stereocenters. The summed E-state index contributed by atoms with van der Waals surface area (Å²) in [5, 5.41) is 2.81. The Labute approximate surface area is 170 Å². The number of benzene rings is 2. The maximum absolute atomic E-state index is 12.6. The van der Waals surface area contributed by atoms with E-state index < -0.39 is 0 Å². The first-order valence-electron chi connectivity index (χ1n) is 9.69. The van der Waals surface area contributed by atoms with Gasteiger partial charge in [0.25, 0.3) is 0 Å². The summed E-state index contributed by atoms with van der Waals surface area (Å²) in [5.41, 5.74) is 2.59. The Bertz CT molecular complexity index is 823. The molecule has 0 saturated carbocycles. The van der Waals surface area contributed by atoms with Gasteiger partial charge in [-0.05, 0) is 43.2 Å². The van der Waals surface area contributed by atoms with Gasteiger partial charge in [-0.2, -0.15) is 0 Å². The maximum atomic E-state index is 12.6. The summed E-state index contributed by atoms with van der Waals surface area (Å²) in [5.74, 6) is 1.25. The second kappa shape index (κ2) is 9.64. The van der Waals surface area contributed by atoms with Gasteiger partial charge in [0.2, 0.25) is 11.8 Å². The molecular weight excluding hydrogens is 372 g/mol. The van der Waals surface area contributed by atoms with E-state index >= 15 is 0 Å². The van der Waals surface area contributed by atoms with Crippen LogP contribution in [-0.4, -0.2) is 24.2 Å². The van der Waals surface area contributed by atoms with Gasteiger partial charge in [-0.1, -0.05) is 37.6 Å². The Balaban J connectivity index is 1.79. The molecule has 2 amide bonds. The highest BCUT2D eigenvalue weighted by Gasteiger charge is 2.35. The molecule has 3 rings (SSSR count). The van der Waals surface area contributed by atoms with Gasteiger partial charge in [0.1, 0.15) is 11.1 Å². The lowest BCUT2D eigenvalue weighted by Crippen LogP contribution is -2.28. The van der Waals surface area contributed by atoms with Gasteiger partial charge in [0.15, 0.2) is 0 Å². The number of rotatable bonds is 8. The number of hydrogen-bond donors (Lipinski definition) is 1. The van der Waals surface area contributed by atoms with E-state index in [1.807, 2.05) is 60.4 Å². The summed E-state index contributed by atoms with van der Waals surface area (Å²) < 4.78 is 5.73. The number of ether oxygens (including phenoxy) is 1. The summed E-state index contributed by atoms with van der Waals surface area (Å²) >= 11 is 1.60. The molecule has 2 aromatic rings. The molecule has 6 heteroatoms. The molecule has 1 N–H and O–H groups in total. The zero-order valence-corrected chi connectivity index (χ0v) is 17.1. The van der Waals surface area contributed by atoms with Crippen LogP contribution >= 0.6 is 11.8 Å². The molecule has 0 aliphatic carbocycles. The van der Waals surface area contributed by atoms with Crippen molar-refractivity contribution in [3.63, 3.8) is 0 Å². The number of amides is 2. The lowest BCUT2D eigenvalue weighted by atomic mass is 10.1. The number of hydrogen-bond acceptors (Lipinski definition) is 4. The molecule has 28 heavy (non-hydrogen) atoms. The fourth-order valence-corrected chi connectivity index (χ4v) is 4.33. The largest absolute Gasteiger partial charge is 0.492 e. The van der Waals surface area contributed by atoms with Crippen LogP contribution in [0.5, 0.6) is 5.75 Å². The molecular formula is C22H26N2O3S. The van der Waals surface area contributed by atoms with E-state index in [0.717, 1.165) is 29.8 Å². The minimum absolute atomic E-state index is 0.0345. The topological polar surface area (TPSA) is 58.6 Å². The van der Waals surface area contributed by atoms with Crippen LogP contribution in [0.25, 0.3) is 0 Å². The van der Waals surface area contributed by atoms with Gasteiger partial charge < -0.3 is 10.1 Å². The highest BCUT2D eigenvalue weighted by atomic mass is 32.2. The van der Waals surface area contributed by atoms with Crippen molar-refractivity contribution in [2.24, 2.45) is 0 Å². The molecule has 1 aliphatic heterocycles. The van der Waals surface area contributed by atoms with Crippen molar-refractivity contribution >= 4 is 35.0 Å². The van der Waals surface area contributed by atoms with Gasteiger partial charge >= 0.3 is 0 Å². The van der Waals surface area contributed by atoms with Gasteiger partial charge in [-0.15, -0.1) is 11.8 Å². The summed E-state index contributed by atoms with van der Waals surface area (Å²) in [6.45, 7) is 4.55. The molecule has 1 saturated heterocycles. The normalized spacial score (nSPS) is 16.3. The Hall–Kier alpha value is -2.47. The van der Waals surface area contributed by atoms with Gasteiger partial charge in [-0.3, -0.25) is 14.5 Å². The molecule has 0 spiro atoms. The summed E-state index contributed by atoms with van der Waals surface area (Å²) in [4.78, 5) is 26.3. The third-order valence-electron chi connectivity index (χ3n) is 4.53. The number of anilines is 2. The van der Waals surface area contributed by atoms with E-state index in [2.05, 4.69) is 12.2 Å². The number of unbranched alkanes of at least 4 members (excludes halogenated alkanes) is 1. The third kappa shape index (κ3) is 4.68. The van der Waals surface area contributed by atoms with Crippen LogP contribution in [0.1, 0.15) is 44.0 Å². The summed E-state index contributed by atoms with van der Waals surface area (Å²) in [7, 11) is 0. The lowest BCUT2D eigenvalue weighted by Gasteiger charge is -2.26. The number of carbonyl (C=O) groups is 2. The molecule has 2 aromatic carbocycles. The first-order valence-corrected chi connectivity index (χ1v) is 10.7. The standard InChI is InChI=1S/C22H26N2O3S/c1-3-5-10-20(25)23-17-13-11-16(12-14-17)22-24(21(26)15-28-22)18-8-6-7-9-19(18)27-4-2/h6-9,11-14,22H,3-5,10,15H2,1-2H3,(H,23,25)/t22-/m0/s1. The Morgan fingerprint density at radius 1 is 1.18 bits per heavy atom. The third-order valence-corrected chi connectivity index (χ3v) is 5.74. The van der Waals surface area contributed by atoms with E-state index in [4.69, 9.17) is 4.74 Å². The fourth-order valence-electron chi connectivity index (χ4n) is 3.16. The van der Waals surface area contributed by atoms with E-state index in [9.17, 15) is 9.59 Å². The van der Waals surface area contributed by atoms with Crippen molar-refractivity contribution < 1.29 is 14.3 Å². The highest BCUT2D eigenvalue weighted by Crippen LogP contribution is 2.44. The molecule has 148 valence electrons. The van der Waals surface area contributed by atoms with Crippen molar-refractivity contribution in [1.29, 1.82) is 0 Å². The molecule has 1 heterocycles. The van der Waals surface area contributed by atoms with Crippen LogP contribution in [0.3, 0.4) is 0 Å². The average Bonchev–Trinajstić information content (AvgIpc) is 3.09. The quantitative estimate of drug-likeness (QED) is 0.680. The first kappa shape index (κ1) is 20.3. The lowest BCUT2D eigenvalue weighted by molar-refractivity contribution is -0.116. The molecule has 0 radical (unpaired) electrons. The van der Waals surface area contributed by atoms with Crippen LogP contribution in [0.4, 0.5) is 11.4 Å². The van der Waals surface area contributed by atoms with E-state index in [-0.39, 0.29) is 17.2 Å². The summed E-state index contributed by atoms with van der Waals surface area (Å²) in [6, 6.07) is 15.4. The number of nitrogens with zero attached hydrogens (tertiary/aromatic N) is 1. The Kier molecular flexibility index (Phi) is 6.98. The van der Waals surface area contributed by atoms with Crippen molar-refractivity contribution in [3.05, 3.63) is 54.1 Å². The molecule has 1 atom stereocenters.